The number of halogens is 3. The first-order valence-electron chi connectivity index (χ1n) is 7.07. The van der Waals surface area contributed by atoms with Crippen molar-refractivity contribution in [3.8, 4) is 0 Å². The van der Waals surface area contributed by atoms with E-state index in [0.717, 1.165) is 48.0 Å². The number of hydrogen-bond acceptors (Lipinski definition) is 5. The van der Waals surface area contributed by atoms with E-state index in [4.69, 9.17) is 5.84 Å². The highest BCUT2D eigenvalue weighted by Gasteiger charge is 2.34. The minimum absolute atomic E-state index is 0.127. The molecule has 1 fully saturated rings. The number of alkyl halides is 3. The third-order valence-electron chi connectivity index (χ3n) is 3.70. The Hall–Kier alpha value is -2.16. The van der Waals surface area contributed by atoms with Crippen molar-refractivity contribution in [3.63, 3.8) is 0 Å². The van der Waals surface area contributed by atoms with Crippen LogP contribution < -0.4 is 20.9 Å². The van der Waals surface area contributed by atoms with E-state index in [-0.39, 0.29) is 11.5 Å². The zero-order valence-electron chi connectivity index (χ0n) is 12.1. The summed E-state index contributed by atoms with van der Waals surface area (Å²) >= 11 is 0.935. The summed E-state index contributed by atoms with van der Waals surface area (Å²) in [5.41, 5.74) is -0.927. The van der Waals surface area contributed by atoms with E-state index in [2.05, 4.69) is 5.32 Å². The van der Waals surface area contributed by atoms with Crippen LogP contribution in [0.25, 0.3) is 0 Å². The van der Waals surface area contributed by atoms with Gasteiger partial charge in [0.1, 0.15) is 5.00 Å². The van der Waals surface area contributed by atoms with Gasteiger partial charge in [0.25, 0.3) is 0 Å². The molecular weight excluding hydrogens is 329 g/mol. The van der Waals surface area contributed by atoms with Crippen LogP contribution in [-0.2, 0) is 6.18 Å². The third-order valence-corrected chi connectivity index (χ3v) is 4.72. The van der Waals surface area contributed by atoms with E-state index in [1.165, 1.54) is 18.2 Å². The number of anilines is 3. The molecule has 0 spiro atoms. The molecule has 1 saturated heterocycles. The molecule has 3 N–H and O–H groups in total. The van der Waals surface area contributed by atoms with E-state index in [1.54, 1.807) is 0 Å². The fourth-order valence-electron chi connectivity index (χ4n) is 2.59. The number of nitrogen functional groups attached to an aromatic ring is 1. The second-order valence-electron chi connectivity index (χ2n) is 5.25. The lowest BCUT2D eigenvalue weighted by Gasteiger charge is -2.19. The van der Waals surface area contributed by atoms with Crippen molar-refractivity contribution in [2.24, 2.45) is 0 Å². The molecule has 1 aromatic carbocycles. The topological polar surface area (TPSA) is 63.3 Å². The van der Waals surface area contributed by atoms with Gasteiger partial charge in [-0.05, 0) is 25.0 Å². The number of nitrogens with two attached hydrogens (primary N) is 1. The van der Waals surface area contributed by atoms with Crippen LogP contribution >= 0.6 is 11.3 Å². The standard InChI is InChI=1S/C14H15F3N4OS/c15-14(16,17)9-5-1-2-6-10(9)19-11-12(20-7-3-4-8-20)23-13(22)21(11)18/h1-2,5-6,19H,3-4,7-8,18H2. The summed E-state index contributed by atoms with van der Waals surface area (Å²) < 4.78 is 40.2. The van der Waals surface area contributed by atoms with Crippen LogP contribution in [-0.4, -0.2) is 17.8 Å². The number of benzene rings is 1. The first-order chi connectivity index (χ1) is 10.9. The van der Waals surface area contributed by atoms with Crippen LogP contribution in [0.2, 0.25) is 0 Å². The largest absolute Gasteiger partial charge is 0.418 e. The minimum Gasteiger partial charge on any atom is -0.360 e. The van der Waals surface area contributed by atoms with Gasteiger partial charge in [-0.25, -0.2) is 0 Å². The van der Waals surface area contributed by atoms with Crippen LogP contribution in [0.3, 0.4) is 0 Å². The van der Waals surface area contributed by atoms with Gasteiger partial charge in [-0.2, -0.15) is 17.8 Å². The molecule has 0 saturated carbocycles. The summed E-state index contributed by atoms with van der Waals surface area (Å²) in [6.07, 6.45) is -2.53. The number of para-hydroxylation sites is 1. The Morgan fingerprint density at radius 1 is 1.17 bits per heavy atom. The molecule has 2 aromatic rings. The summed E-state index contributed by atoms with van der Waals surface area (Å²) in [5.74, 6) is 5.92. The average Bonchev–Trinajstić information content (AvgIpc) is 3.11. The third kappa shape index (κ3) is 3.00. The Morgan fingerprint density at radius 2 is 1.83 bits per heavy atom. The highest BCUT2D eigenvalue weighted by atomic mass is 32.1. The number of rotatable bonds is 3. The Kier molecular flexibility index (Phi) is 3.97. The molecule has 0 unspecified atom stereocenters. The second kappa shape index (κ2) is 5.80. The summed E-state index contributed by atoms with van der Waals surface area (Å²) in [5, 5.41) is 3.28. The van der Waals surface area contributed by atoms with Gasteiger partial charge in [-0.3, -0.25) is 4.79 Å². The van der Waals surface area contributed by atoms with Crippen molar-refractivity contribution in [3.05, 3.63) is 39.5 Å². The molecule has 0 amide bonds. The predicted molar refractivity (Wildman–Crippen MR) is 84.9 cm³/mol. The highest BCUT2D eigenvalue weighted by molar-refractivity contribution is 7.14. The van der Waals surface area contributed by atoms with E-state index >= 15 is 0 Å². The molecule has 1 aliphatic heterocycles. The molecule has 124 valence electrons. The molecule has 0 atom stereocenters. The van der Waals surface area contributed by atoms with Crippen LogP contribution in [0.5, 0.6) is 0 Å². The zero-order valence-corrected chi connectivity index (χ0v) is 12.9. The first-order valence-corrected chi connectivity index (χ1v) is 7.88. The number of nitrogens with one attached hydrogen (secondary N) is 1. The molecule has 1 aliphatic rings. The number of hydrogen-bond donors (Lipinski definition) is 2. The Morgan fingerprint density at radius 3 is 2.48 bits per heavy atom. The van der Waals surface area contributed by atoms with Crippen molar-refractivity contribution in [1.82, 2.24) is 4.68 Å². The second-order valence-corrected chi connectivity index (χ2v) is 6.19. The molecule has 9 heteroatoms. The normalized spacial score (nSPS) is 15.2. The lowest BCUT2D eigenvalue weighted by atomic mass is 10.1. The summed E-state index contributed by atoms with van der Waals surface area (Å²) in [7, 11) is 0. The van der Waals surface area contributed by atoms with Crippen LogP contribution in [0, 0.1) is 0 Å². The van der Waals surface area contributed by atoms with E-state index in [9.17, 15) is 18.0 Å². The van der Waals surface area contributed by atoms with Crippen LogP contribution in [0.15, 0.2) is 29.1 Å². The van der Waals surface area contributed by atoms with Crippen LogP contribution in [0.1, 0.15) is 18.4 Å². The predicted octanol–water partition coefficient (Wildman–Crippen LogP) is 2.99. The monoisotopic (exact) mass is 344 g/mol. The van der Waals surface area contributed by atoms with Gasteiger partial charge < -0.3 is 16.1 Å². The fraction of sp³-hybridized carbons (Fsp3) is 0.357. The maximum atomic E-state index is 13.1. The molecule has 0 bridgehead atoms. The molecule has 5 nitrogen and oxygen atoms in total. The van der Waals surface area contributed by atoms with Crippen molar-refractivity contribution in [2.45, 2.75) is 19.0 Å². The lowest BCUT2D eigenvalue weighted by molar-refractivity contribution is -0.136. The Labute approximate surface area is 134 Å². The highest BCUT2D eigenvalue weighted by Crippen LogP contribution is 2.38. The lowest BCUT2D eigenvalue weighted by Crippen LogP contribution is -2.24. The van der Waals surface area contributed by atoms with Gasteiger partial charge in [0.05, 0.1) is 11.3 Å². The van der Waals surface area contributed by atoms with E-state index in [1.807, 2.05) is 4.90 Å². The molecule has 0 radical (unpaired) electrons. The number of aromatic nitrogens is 1. The first kappa shape index (κ1) is 15.7. The van der Waals surface area contributed by atoms with Gasteiger partial charge in [0, 0.05) is 13.1 Å². The number of nitrogens with zero attached hydrogens (tertiary/aromatic N) is 2. The summed E-state index contributed by atoms with van der Waals surface area (Å²) in [6, 6.07) is 5.12. The molecule has 3 rings (SSSR count). The quantitative estimate of drug-likeness (QED) is 0.841. The van der Waals surface area contributed by atoms with Crippen molar-refractivity contribution in [2.75, 3.05) is 29.1 Å². The Bertz CT molecular complexity index is 762. The Balaban J connectivity index is 2.03. The van der Waals surface area contributed by atoms with Crippen molar-refractivity contribution < 1.29 is 13.2 Å². The van der Waals surface area contributed by atoms with Gasteiger partial charge >= 0.3 is 11.0 Å². The fourth-order valence-corrected chi connectivity index (χ4v) is 3.50. The molecule has 23 heavy (non-hydrogen) atoms. The van der Waals surface area contributed by atoms with Gasteiger partial charge in [-0.1, -0.05) is 23.5 Å². The van der Waals surface area contributed by atoms with Gasteiger partial charge in [-0.15, -0.1) is 0 Å². The summed E-state index contributed by atoms with van der Waals surface area (Å²) in [4.78, 5) is 13.4. The minimum atomic E-state index is -4.49. The van der Waals surface area contributed by atoms with Crippen LogP contribution in [0.4, 0.5) is 29.7 Å². The molecule has 0 aliphatic carbocycles. The van der Waals surface area contributed by atoms with E-state index in [0.29, 0.717) is 5.00 Å². The smallest absolute Gasteiger partial charge is 0.360 e. The maximum Gasteiger partial charge on any atom is 0.418 e. The SMILES string of the molecule is Nn1c(Nc2ccccc2C(F)(F)F)c(N2CCCC2)sc1=O. The van der Waals surface area contributed by atoms with Crippen molar-refractivity contribution in [1.29, 1.82) is 0 Å². The van der Waals surface area contributed by atoms with E-state index < -0.39 is 16.6 Å². The molecule has 2 heterocycles. The molecule has 1 aromatic heterocycles. The summed E-state index contributed by atoms with van der Waals surface area (Å²) in [6.45, 7) is 1.52. The molecular formula is C14H15F3N4OS. The average molecular weight is 344 g/mol. The zero-order chi connectivity index (χ0) is 16.6. The maximum absolute atomic E-state index is 13.1. The van der Waals surface area contributed by atoms with Crippen molar-refractivity contribution >= 4 is 27.8 Å². The van der Waals surface area contributed by atoms with Gasteiger partial charge in [0.2, 0.25) is 0 Å². The number of thiazole rings is 1. The van der Waals surface area contributed by atoms with Gasteiger partial charge in [0.15, 0.2) is 5.82 Å².